The topological polar surface area (TPSA) is 121 Å². The number of anilines is 1. The predicted octanol–water partition coefficient (Wildman–Crippen LogP) is 2.15. The number of primary amides is 1. The molecule has 5 rings (SSSR count). The van der Waals surface area contributed by atoms with Crippen LogP contribution in [0, 0.1) is 5.92 Å². The summed E-state index contributed by atoms with van der Waals surface area (Å²) in [7, 11) is 0. The minimum atomic E-state index is -4.37. The number of benzene rings is 1. The number of fused-ring (bicyclic) bond motifs is 1. The van der Waals surface area contributed by atoms with Crippen molar-refractivity contribution < 1.29 is 28.2 Å². The Hall–Kier alpha value is -3.22. The molecule has 0 spiro atoms. The number of likely N-dealkylation sites (tertiary alicyclic amines) is 1. The zero-order valence-corrected chi connectivity index (χ0v) is 20.8. The van der Waals surface area contributed by atoms with Gasteiger partial charge in [-0.05, 0) is 49.6 Å². The van der Waals surface area contributed by atoms with Crippen LogP contribution in [-0.2, 0) is 24.1 Å². The molecule has 12 heteroatoms. The third-order valence-corrected chi connectivity index (χ3v) is 7.56. The maximum absolute atomic E-state index is 13.0. The Balaban J connectivity index is 1.33. The molecular weight excluding hydrogens is 501 g/mol. The molecule has 0 radical (unpaired) electrons. The molecule has 2 aliphatic rings. The maximum atomic E-state index is 13.0. The number of alkyl halides is 3. The molecule has 4 N–H and O–H groups in total. The number of aliphatic hydroxyl groups is 2. The van der Waals surface area contributed by atoms with E-state index >= 15 is 0 Å². The molecular formula is C26H31F3N6O3. The number of nitrogens with zero attached hydrogens (tertiary/aromatic N) is 5. The van der Waals surface area contributed by atoms with Crippen molar-refractivity contribution in [1.29, 1.82) is 0 Å². The Morgan fingerprint density at radius 3 is 2.50 bits per heavy atom. The van der Waals surface area contributed by atoms with Gasteiger partial charge in [0.25, 0.3) is 0 Å². The van der Waals surface area contributed by atoms with E-state index in [4.69, 9.17) is 5.73 Å². The molecule has 1 saturated carbocycles. The van der Waals surface area contributed by atoms with Crippen LogP contribution in [0.4, 0.5) is 19.0 Å². The molecule has 3 atom stereocenters. The average Bonchev–Trinajstić information content (AvgIpc) is 3.64. The van der Waals surface area contributed by atoms with Crippen LogP contribution >= 0.6 is 0 Å². The van der Waals surface area contributed by atoms with E-state index in [1.807, 2.05) is 16.8 Å². The van der Waals surface area contributed by atoms with E-state index in [1.54, 1.807) is 4.90 Å². The lowest BCUT2D eigenvalue weighted by molar-refractivity contribution is -0.137. The highest BCUT2D eigenvalue weighted by atomic mass is 19.4. The van der Waals surface area contributed by atoms with E-state index in [2.05, 4.69) is 14.9 Å². The first kappa shape index (κ1) is 26.4. The molecule has 3 aromatic rings. The van der Waals surface area contributed by atoms with Crippen LogP contribution in [0.25, 0.3) is 11.0 Å². The largest absolute Gasteiger partial charge is 0.416 e. The quantitative estimate of drug-likeness (QED) is 0.386. The smallest absolute Gasteiger partial charge is 0.394 e. The van der Waals surface area contributed by atoms with E-state index in [0.717, 1.165) is 41.7 Å². The van der Waals surface area contributed by atoms with Gasteiger partial charge in [0.2, 0.25) is 5.91 Å². The van der Waals surface area contributed by atoms with E-state index in [-0.39, 0.29) is 18.5 Å². The van der Waals surface area contributed by atoms with Crippen molar-refractivity contribution in [2.75, 3.05) is 24.6 Å². The van der Waals surface area contributed by atoms with Crippen LogP contribution in [-0.4, -0.2) is 73.4 Å². The minimum Gasteiger partial charge on any atom is -0.394 e. The first-order valence-electron chi connectivity index (χ1n) is 12.7. The fourth-order valence-electron chi connectivity index (χ4n) is 5.26. The van der Waals surface area contributed by atoms with Gasteiger partial charge in [-0.15, -0.1) is 0 Å². The molecule has 2 fully saturated rings. The Bertz CT molecular complexity index is 1280. The lowest BCUT2D eigenvalue weighted by Gasteiger charge is -2.38. The molecule has 9 nitrogen and oxygen atoms in total. The molecule has 2 unspecified atom stereocenters. The van der Waals surface area contributed by atoms with Crippen molar-refractivity contribution in [1.82, 2.24) is 19.4 Å². The molecule has 2 aromatic heterocycles. The Morgan fingerprint density at radius 1 is 1.16 bits per heavy atom. The number of carbonyl (C=O) groups is 1. The number of β-amino-alcohol motifs (C(OH)–C–C–N with tert-alkyl or cyclic N) is 1. The number of rotatable bonds is 9. The lowest BCUT2D eigenvalue weighted by atomic mass is 9.92. The van der Waals surface area contributed by atoms with E-state index in [9.17, 15) is 28.2 Å². The summed E-state index contributed by atoms with van der Waals surface area (Å²) in [6, 6.07) is 6.61. The number of hydrogen-bond acceptors (Lipinski definition) is 7. The van der Waals surface area contributed by atoms with Crippen LogP contribution in [0.3, 0.4) is 0 Å². The molecule has 1 aromatic carbocycles. The van der Waals surface area contributed by atoms with Gasteiger partial charge < -0.3 is 25.4 Å². The van der Waals surface area contributed by atoms with Crippen LogP contribution in [0.5, 0.6) is 0 Å². The first-order valence-corrected chi connectivity index (χ1v) is 12.7. The summed E-state index contributed by atoms with van der Waals surface area (Å²) >= 11 is 0. The summed E-state index contributed by atoms with van der Waals surface area (Å²) < 4.78 is 40.9. The molecule has 1 aliphatic carbocycles. The van der Waals surface area contributed by atoms with Crippen LogP contribution < -0.4 is 10.6 Å². The van der Waals surface area contributed by atoms with E-state index < -0.39 is 36.4 Å². The van der Waals surface area contributed by atoms with Crippen LogP contribution in [0.15, 0.2) is 42.9 Å². The van der Waals surface area contributed by atoms with Gasteiger partial charge in [0.15, 0.2) is 0 Å². The summed E-state index contributed by atoms with van der Waals surface area (Å²) in [5.74, 6) is 0.0354. The maximum Gasteiger partial charge on any atom is 0.416 e. The fraction of sp³-hybridized carbons (Fsp3) is 0.500. The second-order valence-corrected chi connectivity index (χ2v) is 10.2. The molecule has 1 amide bonds. The van der Waals surface area contributed by atoms with Crippen LogP contribution in [0.2, 0.25) is 0 Å². The number of piperidine rings is 1. The normalized spacial score (nSPS) is 21.5. The van der Waals surface area contributed by atoms with Gasteiger partial charge in [-0.2, -0.15) is 13.2 Å². The third kappa shape index (κ3) is 5.47. The van der Waals surface area contributed by atoms with Crippen molar-refractivity contribution in [3.05, 3.63) is 54.0 Å². The molecule has 0 bridgehead atoms. The second kappa shape index (κ2) is 10.5. The monoisotopic (exact) mass is 532 g/mol. The predicted molar refractivity (Wildman–Crippen MR) is 134 cm³/mol. The minimum absolute atomic E-state index is 0.0841. The molecule has 1 saturated heterocycles. The van der Waals surface area contributed by atoms with Gasteiger partial charge in [0.05, 0.1) is 23.7 Å². The lowest BCUT2D eigenvalue weighted by Crippen LogP contribution is -2.54. The first-order chi connectivity index (χ1) is 18.2. The average molecular weight is 533 g/mol. The third-order valence-electron chi connectivity index (χ3n) is 7.56. The van der Waals surface area contributed by atoms with Crippen molar-refractivity contribution in [3.8, 4) is 0 Å². The Morgan fingerprint density at radius 2 is 1.89 bits per heavy atom. The van der Waals surface area contributed by atoms with Crippen molar-refractivity contribution in [2.24, 2.45) is 11.7 Å². The summed E-state index contributed by atoms with van der Waals surface area (Å²) in [6.45, 7) is 1.32. The van der Waals surface area contributed by atoms with Crippen molar-refractivity contribution >= 4 is 22.8 Å². The molecule has 204 valence electrons. The number of aromatic nitrogens is 3. The van der Waals surface area contributed by atoms with E-state index in [1.165, 1.54) is 18.5 Å². The van der Waals surface area contributed by atoms with Gasteiger partial charge in [-0.3, -0.25) is 9.69 Å². The fourth-order valence-corrected chi connectivity index (χ4v) is 5.26. The van der Waals surface area contributed by atoms with Gasteiger partial charge in [0, 0.05) is 37.8 Å². The molecule has 3 heterocycles. The van der Waals surface area contributed by atoms with E-state index in [0.29, 0.717) is 31.7 Å². The SMILES string of the molecule is NC(=O)C(CO)N1CCC(Cn2ccc3c(N(Cc4ccc(C(F)(F)F)cc4)C4CC4)ncnc32)[C@@H](O)C1. The standard InChI is InChI=1S/C26H31F3N6O3/c27-26(28,29)18-3-1-16(2-4-18)11-35(19-5-6-19)25-20-8-10-34(24(20)31-15-32-25)12-17-7-9-33(13-22(17)37)21(14-36)23(30)38/h1-4,8,10,15,17,19,21-22,36-37H,5-7,9,11-14H2,(H2,30,38)/t17?,21?,22-/m0/s1. The zero-order chi connectivity index (χ0) is 27.0. The van der Waals surface area contributed by atoms with Gasteiger partial charge in [-0.1, -0.05) is 12.1 Å². The highest BCUT2D eigenvalue weighted by Gasteiger charge is 2.35. The summed E-state index contributed by atoms with van der Waals surface area (Å²) in [6.07, 6.45) is 0.904. The number of aliphatic hydroxyl groups excluding tert-OH is 2. The number of hydrogen-bond donors (Lipinski definition) is 3. The second-order valence-electron chi connectivity index (χ2n) is 10.2. The van der Waals surface area contributed by atoms with Crippen molar-refractivity contribution in [3.63, 3.8) is 0 Å². The highest BCUT2D eigenvalue weighted by molar-refractivity contribution is 5.88. The van der Waals surface area contributed by atoms with Gasteiger partial charge in [-0.25, -0.2) is 9.97 Å². The molecule has 38 heavy (non-hydrogen) atoms. The Kier molecular flexibility index (Phi) is 7.30. The number of carbonyl (C=O) groups excluding carboxylic acids is 1. The molecule has 1 aliphatic heterocycles. The number of halogens is 3. The summed E-state index contributed by atoms with van der Waals surface area (Å²) in [5.41, 5.74) is 6.19. The van der Waals surface area contributed by atoms with Crippen LogP contribution in [0.1, 0.15) is 30.4 Å². The Labute approximate surface area is 217 Å². The summed E-state index contributed by atoms with van der Waals surface area (Å²) in [4.78, 5) is 24.5. The number of amides is 1. The van der Waals surface area contributed by atoms with Crippen molar-refractivity contribution in [2.45, 2.75) is 56.7 Å². The zero-order valence-electron chi connectivity index (χ0n) is 20.8. The number of nitrogens with two attached hydrogens (primary N) is 1. The van der Waals surface area contributed by atoms with Gasteiger partial charge >= 0.3 is 6.18 Å². The highest BCUT2D eigenvalue weighted by Crippen LogP contribution is 2.36. The summed E-state index contributed by atoms with van der Waals surface area (Å²) in [5, 5.41) is 21.1. The van der Waals surface area contributed by atoms with Gasteiger partial charge in [0.1, 0.15) is 23.8 Å².